The predicted molar refractivity (Wildman–Crippen MR) is 143 cm³/mol. The second-order valence-corrected chi connectivity index (χ2v) is 10.3. The van der Waals surface area contributed by atoms with Crippen LogP contribution in [-0.2, 0) is 17.4 Å². The Kier molecular flexibility index (Phi) is 5.54. The summed E-state index contributed by atoms with van der Waals surface area (Å²) in [4.78, 5) is 4.96. The van der Waals surface area contributed by atoms with Crippen molar-refractivity contribution < 1.29 is 14.6 Å². The zero-order chi connectivity index (χ0) is 25.9. The van der Waals surface area contributed by atoms with Gasteiger partial charge in [-0.05, 0) is 44.5 Å². The monoisotopic (exact) mass is 497 g/mol. The van der Waals surface area contributed by atoms with E-state index in [0.29, 0.717) is 6.61 Å². The molecule has 3 aromatic heterocycles. The summed E-state index contributed by atoms with van der Waals surface area (Å²) in [6, 6.07) is 16.4. The first-order valence-electron chi connectivity index (χ1n) is 12.6. The highest BCUT2D eigenvalue weighted by molar-refractivity contribution is 6.07. The van der Waals surface area contributed by atoms with Crippen molar-refractivity contribution in [2.75, 3.05) is 13.7 Å². The Balaban J connectivity index is 1.68. The van der Waals surface area contributed by atoms with Gasteiger partial charge in [0.1, 0.15) is 11.9 Å². The molecular weight excluding hydrogens is 466 g/mol. The molecule has 1 N–H and O–H groups in total. The van der Waals surface area contributed by atoms with E-state index >= 15 is 0 Å². The molecule has 0 spiro atoms. The van der Waals surface area contributed by atoms with Gasteiger partial charge in [-0.15, -0.1) is 5.10 Å². The molecule has 6 rings (SSSR count). The van der Waals surface area contributed by atoms with Gasteiger partial charge < -0.3 is 19.1 Å². The van der Waals surface area contributed by atoms with Gasteiger partial charge in [-0.2, -0.15) is 0 Å². The Morgan fingerprint density at radius 1 is 1.11 bits per heavy atom. The van der Waals surface area contributed by atoms with Gasteiger partial charge in [0, 0.05) is 49.9 Å². The molecule has 0 fully saturated rings. The molecule has 2 aromatic carbocycles. The zero-order valence-corrected chi connectivity index (χ0v) is 21.8. The first-order valence-corrected chi connectivity index (χ1v) is 12.6. The van der Waals surface area contributed by atoms with Crippen molar-refractivity contribution in [1.82, 2.24) is 24.5 Å². The summed E-state index contributed by atoms with van der Waals surface area (Å²) in [7, 11) is 3.61. The Morgan fingerprint density at radius 2 is 1.92 bits per heavy atom. The van der Waals surface area contributed by atoms with Crippen LogP contribution in [-0.4, -0.2) is 49.5 Å². The lowest BCUT2D eigenvalue weighted by atomic mass is 9.97. The fraction of sp³-hybridized carbons (Fsp3) is 0.345. The molecule has 2 unspecified atom stereocenters. The van der Waals surface area contributed by atoms with Gasteiger partial charge in [0.05, 0.1) is 39.6 Å². The van der Waals surface area contributed by atoms with E-state index in [0.717, 1.165) is 62.2 Å². The summed E-state index contributed by atoms with van der Waals surface area (Å²) >= 11 is 0. The topological polar surface area (TPSA) is 87.2 Å². The molecule has 0 bridgehead atoms. The molecule has 0 aliphatic carbocycles. The van der Waals surface area contributed by atoms with E-state index in [1.165, 1.54) is 0 Å². The van der Waals surface area contributed by atoms with Gasteiger partial charge in [-0.1, -0.05) is 35.5 Å². The average molecular weight is 498 g/mol. The molecule has 190 valence electrons. The van der Waals surface area contributed by atoms with Gasteiger partial charge >= 0.3 is 0 Å². The zero-order valence-electron chi connectivity index (χ0n) is 21.8. The molecule has 37 heavy (non-hydrogen) atoms. The second-order valence-electron chi connectivity index (χ2n) is 10.3. The molecule has 1 aliphatic heterocycles. The lowest BCUT2D eigenvalue weighted by Crippen LogP contribution is -2.26. The van der Waals surface area contributed by atoms with Crippen LogP contribution in [0, 0.1) is 6.92 Å². The van der Waals surface area contributed by atoms with Gasteiger partial charge in [0.15, 0.2) is 0 Å². The van der Waals surface area contributed by atoms with Crippen molar-refractivity contribution in [3.8, 4) is 17.0 Å². The number of hydrogen-bond acceptors (Lipinski definition) is 6. The largest absolute Gasteiger partial charge is 0.487 e. The first kappa shape index (κ1) is 23.6. The van der Waals surface area contributed by atoms with Gasteiger partial charge in [-0.3, -0.25) is 4.98 Å². The van der Waals surface area contributed by atoms with Gasteiger partial charge in [0.2, 0.25) is 0 Å². The number of aryl methyl sites for hydroxylation is 2. The lowest BCUT2D eigenvalue weighted by molar-refractivity contribution is 0.0787. The molecule has 0 radical (unpaired) electrons. The molecule has 8 heteroatoms. The fourth-order valence-electron chi connectivity index (χ4n) is 5.59. The number of aliphatic hydroxyl groups is 1. The maximum Gasteiger partial charge on any atom is 0.126 e. The minimum Gasteiger partial charge on any atom is -0.487 e. The van der Waals surface area contributed by atoms with Gasteiger partial charge in [-0.25, -0.2) is 4.68 Å². The summed E-state index contributed by atoms with van der Waals surface area (Å²) in [5.74, 6) is 0.887. The van der Waals surface area contributed by atoms with E-state index in [1.807, 2.05) is 52.2 Å². The molecule has 0 saturated carbocycles. The molecule has 8 nitrogen and oxygen atoms in total. The van der Waals surface area contributed by atoms with Crippen LogP contribution in [0.3, 0.4) is 0 Å². The Morgan fingerprint density at radius 3 is 2.65 bits per heavy atom. The quantitative estimate of drug-likeness (QED) is 0.359. The van der Waals surface area contributed by atoms with E-state index < -0.39 is 5.60 Å². The maximum atomic E-state index is 10.9. The standard InChI is InChI=1S/C29H31N5O3/c1-17-27(33(4)32-31-17)18-14-23-26(30-16-18)20-11-10-19(29(2,3)35)15-22(20)34(23)28-21-8-6-7-9-24(21)37-25(28)12-13-36-5/h6-11,14-16,25,28,35H,12-13H2,1-5H3. The number of methoxy groups -OCH3 is 1. The smallest absolute Gasteiger partial charge is 0.126 e. The van der Waals surface area contributed by atoms with E-state index in [-0.39, 0.29) is 12.1 Å². The normalized spacial score (nSPS) is 17.5. The predicted octanol–water partition coefficient (Wildman–Crippen LogP) is 4.91. The van der Waals surface area contributed by atoms with Crippen molar-refractivity contribution >= 4 is 21.9 Å². The van der Waals surface area contributed by atoms with Crippen LogP contribution >= 0.6 is 0 Å². The number of nitrogens with zero attached hydrogens (tertiary/aromatic N) is 5. The van der Waals surface area contributed by atoms with Gasteiger partial charge in [0.25, 0.3) is 0 Å². The summed E-state index contributed by atoms with van der Waals surface area (Å²) < 4.78 is 16.1. The van der Waals surface area contributed by atoms with Crippen LogP contribution < -0.4 is 4.74 Å². The third kappa shape index (κ3) is 3.79. The highest BCUT2D eigenvalue weighted by Gasteiger charge is 2.37. The van der Waals surface area contributed by atoms with Crippen LogP contribution in [0.25, 0.3) is 33.2 Å². The molecule has 0 amide bonds. The van der Waals surface area contributed by atoms with E-state index in [9.17, 15) is 5.11 Å². The molecule has 1 aliphatic rings. The van der Waals surface area contributed by atoms with Crippen molar-refractivity contribution in [3.05, 3.63) is 71.5 Å². The number of benzene rings is 2. The number of pyridine rings is 1. The van der Waals surface area contributed by atoms with Crippen LogP contribution in [0.2, 0.25) is 0 Å². The van der Waals surface area contributed by atoms with Crippen molar-refractivity contribution in [2.24, 2.45) is 7.05 Å². The van der Waals surface area contributed by atoms with Crippen LogP contribution in [0.1, 0.15) is 43.1 Å². The number of ether oxygens (including phenoxy) is 2. The summed E-state index contributed by atoms with van der Waals surface area (Å²) in [6.07, 6.45) is 2.51. The number of fused-ring (bicyclic) bond motifs is 4. The minimum absolute atomic E-state index is 0.0915. The first-order chi connectivity index (χ1) is 17.8. The van der Waals surface area contributed by atoms with Crippen molar-refractivity contribution in [2.45, 2.75) is 44.9 Å². The number of hydrogen-bond donors (Lipinski definition) is 1. The van der Waals surface area contributed by atoms with E-state index in [2.05, 4.69) is 45.2 Å². The molecule has 5 aromatic rings. The number of para-hydroxylation sites is 1. The maximum absolute atomic E-state index is 10.9. The third-order valence-corrected chi connectivity index (χ3v) is 7.37. The van der Waals surface area contributed by atoms with E-state index in [4.69, 9.17) is 14.5 Å². The molecular formula is C29H31N5O3. The van der Waals surface area contributed by atoms with Crippen LogP contribution in [0.5, 0.6) is 5.75 Å². The highest BCUT2D eigenvalue weighted by atomic mass is 16.5. The lowest BCUT2D eigenvalue weighted by Gasteiger charge is -2.24. The van der Waals surface area contributed by atoms with Crippen molar-refractivity contribution in [3.63, 3.8) is 0 Å². The number of aromatic nitrogens is 5. The van der Waals surface area contributed by atoms with Crippen LogP contribution in [0.15, 0.2) is 54.7 Å². The summed E-state index contributed by atoms with van der Waals surface area (Å²) in [5.41, 5.74) is 6.63. The minimum atomic E-state index is -0.981. The van der Waals surface area contributed by atoms with E-state index in [1.54, 1.807) is 11.8 Å². The second kappa shape index (κ2) is 8.68. The fourth-order valence-corrected chi connectivity index (χ4v) is 5.59. The Bertz CT molecular complexity index is 1610. The summed E-state index contributed by atoms with van der Waals surface area (Å²) in [5, 5.41) is 20.3. The Labute approximate surface area is 215 Å². The number of rotatable bonds is 6. The van der Waals surface area contributed by atoms with Crippen LogP contribution in [0.4, 0.5) is 0 Å². The SMILES string of the molecule is COCCC1Oc2ccccc2C1n1c2cc(C(C)(C)O)ccc2c2ncc(-c3c(C)nnn3C)cc21. The average Bonchev–Trinajstić information content (AvgIpc) is 3.51. The molecule has 0 saturated heterocycles. The summed E-state index contributed by atoms with van der Waals surface area (Å²) in [6.45, 7) is 6.17. The van der Waals surface area contributed by atoms with Crippen molar-refractivity contribution in [1.29, 1.82) is 0 Å². The Hall–Kier alpha value is -3.75. The highest BCUT2D eigenvalue weighted by Crippen LogP contribution is 2.45. The molecule has 2 atom stereocenters. The molecule has 4 heterocycles. The third-order valence-electron chi connectivity index (χ3n) is 7.37.